The molecule has 0 saturated carbocycles. The maximum atomic E-state index is 5.98. The first kappa shape index (κ1) is 13.6. The van der Waals surface area contributed by atoms with Crippen molar-refractivity contribution in [1.29, 1.82) is 0 Å². The van der Waals surface area contributed by atoms with Gasteiger partial charge in [0.15, 0.2) is 0 Å². The van der Waals surface area contributed by atoms with Crippen LogP contribution in [0.15, 0.2) is 30.3 Å². The third-order valence-corrected chi connectivity index (χ3v) is 3.23. The molecule has 0 saturated heterocycles. The summed E-state index contributed by atoms with van der Waals surface area (Å²) in [5, 5.41) is 4.29. The lowest BCUT2D eigenvalue weighted by atomic mass is 10.1. The summed E-state index contributed by atoms with van der Waals surface area (Å²) < 4.78 is 7.60. The van der Waals surface area contributed by atoms with Gasteiger partial charge in [-0.2, -0.15) is 5.10 Å². The molecule has 0 bridgehead atoms. The van der Waals surface area contributed by atoms with Crippen LogP contribution in [-0.4, -0.2) is 9.78 Å². The van der Waals surface area contributed by atoms with Gasteiger partial charge in [0.1, 0.15) is 12.4 Å². The molecule has 2 N–H and O–H groups in total. The van der Waals surface area contributed by atoms with Crippen LogP contribution in [0.5, 0.6) is 5.75 Å². The second-order valence-corrected chi connectivity index (χ2v) is 4.77. The summed E-state index contributed by atoms with van der Waals surface area (Å²) in [5.74, 6) is 0.853. The molecule has 1 aromatic heterocycles. The van der Waals surface area contributed by atoms with E-state index in [1.807, 2.05) is 49.0 Å². The highest BCUT2D eigenvalue weighted by Crippen LogP contribution is 2.19. The van der Waals surface area contributed by atoms with E-state index in [9.17, 15) is 0 Å². The number of nitrogens with two attached hydrogens (primary N) is 1. The number of rotatable bonds is 5. The lowest BCUT2D eigenvalue weighted by molar-refractivity contribution is 0.295. The molecule has 1 aromatic carbocycles. The Balaban J connectivity index is 1.98. The van der Waals surface area contributed by atoms with Gasteiger partial charge in [-0.15, -0.1) is 0 Å². The number of benzene rings is 1. The van der Waals surface area contributed by atoms with Crippen LogP contribution in [0.2, 0.25) is 0 Å². The van der Waals surface area contributed by atoms with Crippen LogP contribution < -0.4 is 10.5 Å². The molecule has 2 rings (SSSR count). The van der Waals surface area contributed by atoms with Crippen LogP contribution in [0.4, 0.5) is 0 Å². The molecule has 0 radical (unpaired) electrons. The largest absolute Gasteiger partial charge is 0.487 e. The first-order valence-corrected chi connectivity index (χ1v) is 6.58. The molecule has 2 aromatic rings. The summed E-state index contributed by atoms with van der Waals surface area (Å²) in [7, 11) is 1.93. The molecule has 0 amide bonds. The standard InChI is InChI=1S/C15H21N3O/c1-4-15(16)12-5-7-14(8-6-12)19-10-13-9-11(2)17-18(13)3/h5-9,15H,4,10,16H2,1-3H3. The van der Waals surface area contributed by atoms with E-state index in [4.69, 9.17) is 10.5 Å². The summed E-state index contributed by atoms with van der Waals surface area (Å²) in [6.45, 7) is 4.58. The second-order valence-electron chi connectivity index (χ2n) is 4.77. The smallest absolute Gasteiger partial charge is 0.130 e. The number of ether oxygens (including phenoxy) is 1. The van der Waals surface area contributed by atoms with Crippen LogP contribution in [0.1, 0.15) is 36.3 Å². The van der Waals surface area contributed by atoms with Gasteiger partial charge in [-0.3, -0.25) is 4.68 Å². The second kappa shape index (κ2) is 5.89. The first-order valence-electron chi connectivity index (χ1n) is 6.58. The van der Waals surface area contributed by atoms with Crippen molar-refractivity contribution in [2.75, 3.05) is 0 Å². The van der Waals surface area contributed by atoms with Gasteiger partial charge in [-0.05, 0) is 37.1 Å². The molecule has 1 heterocycles. The minimum atomic E-state index is 0.105. The fourth-order valence-electron chi connectivity index (χ4n) is 2.00. The van der Waals surface area contributed by atoms with Gasteiger partial charge in [0.05, 0.1) is 11.4 Å². The number of hydrogen-bond acceptors (Lipinski definition) is 3. The lowest BCUT2D eigenvalue weighted by Gasteiger charge is -2.11. The fourth-order valence-corrected chi connectivity index (χ4v) is 2.00. The highest BCUT2D eigenvalue weighted by atomic mass is 16.5. The van der Waals surface area contributed by atoms with Gasteiger partial charge in [-0.25, -0.2) is 0 Å². The average Bonchev–Trinajstić information content (AvgIpc) is 2.74. The maximum Gasteiger partial charge on any atom is 0.130 e. The molecule has 0 spiro atoms. The van der Waals surface area contributed by atoms with E-state index in [0.29, 0.717) is 6.61 Å². The molecular weight excluding hydrogens is 238 g/mol. The average molecular weight is 259 g/mol. The van der Waals surface area contributed by atoms with Gasteiger partial charge in [0.2, 0.25) is 0 Å². The molecule has 19 heavy (non-hydrogen) atoms. The zero-order valence-corrected chi connectivity index (χ0v) is 11.8. The summed E-state index contributed by atoms with van der Waals surface area (Å²) in [6, 6.07) is 10.1. The maximum absolute atomic E-state index is 5.98. The van der Waals surface area contributed by atoms with E-state index in [-0.39, 0.29) is 6.04 Å². The van der Waals surface area contributed by atoms with Crippen molar-refractivity contribution in [2.24, 2.45) is 12.8 Å². The fraction of sp³-hybridized carbons (Fsp3) is 0.400. The Kier molecular flexibility index (Phi) is 4.22. The monoisotopic (exact) mass is 259 g/mol. The van der Waals surface area contributed by atoms with Crippen LogP contribution in [0, 0.1) is 6.92 Å². The minimum absolute atomic E-state index is 0.105. The molecule has 4 heteroatoms. The van der Waals surface area contributed by atoms with Crippen LogP contribution >= 0.6 is 0 Å². The Bertz CT molecular complexity index is 531. The predicted octanol–water partition coefficient (Wildman–Crippen LogP) is 2.72. The number of aryl methyl sites for hydroxylation is 2. The molecule has 102 valence electrons. The topological polar surface area (TPSA) is 53.1 Å². The third kappa shape index (κ3) is 3.35. The Labute approximate surface area is 114 Å². The van der Waals surface area contributed by atoms with Crippen molar-refractivity contribution >= 4 is 0 Å². The Morgan fingerprint density at radius 2 is 2.00 bits per heavy atom. The third-order valence-electron chi connectivity index (χ3n) is 3.23. The van der Waals surface area contributed by atoms with Gasteiger partial charge in [0, 0.05) is 13.1 Å². The summed E-state index contributed by atoms with van der Waals surface area (Å²) in [6.07, 6.45) is 0.939. The van der Waals surface area contributed by atoms with Gasteiger partial charge < -0.3 is 10.5 Å². The molecule has 1 atom stereocenters. The first-order chi connectivity index (χ1) is 9.10. The normalized spacial score (nSPS) is 12.4. The quantitative estimate of drug-likeness (QED) is 0.898. The van der Waals surface area contributed by atoms with Gasteiger partial charge in [0.25, 0.3) is 0 Å². The van der Waals surface area contributed by atoms with E-state index in [1.54, 1.807) is 0 Å². The molecule has 1 unspecified atom stereocenters. The molecule has 0 fully saturated rings. The predicted molar refractivity (Wildman–Crippen MR) is 75.9 cm³/mol. The molecule has 0 aliphatic heterocycles. The molecule has 4 nitrogen and oxygen atoms in total. The van der Waals surface area contributed by atoms with E-state index in [0.717, 1.165) is 29.1 Å². The highest BCUT2D eigenvalue weighted by Gasteiger charge is 2.05. The van der Waals surface area contributed by atoms with Crippen molar-refractivity contribution < 1.29 is 4.74 Å². The van der Waals surface area contributed by atoms with Gasteiger partial charge >= 0.3 is 0 Å². The minimum Gasteiger partial charge on any atom is -0.487 e. The van der Waals surface area contributed by atoms with Crippen molar-refractivity contribution in [3.8, 4) is 5.75 Å². The summed E-state index contributed by atoms with van der Waals surface area (Å²) in [4.78, 5) is 0. The van der Waals surface area contributed by atoms with Crippen molar-refractivity contribution in [3.05, 3.63) is 47.3 Å². The molecular formula is C15H21N3O. The Hall–Kier alpha value is -1.81. The Morgan fingerprint density at radius 3 is 2.53 bits per heavy atom. The summed E-state index contributed by atoms with van der Waals surface area (Å²) >= 11 is 0. The van der Waals surface area contributed by atoms with E-state index in [1.165, 1.54) is 0 Å². The van der Waals surface area contributed by atoms with Crippen LogP contribution in [0.3, 0.4) is 0 Å². The zero-order chi connectivity index (χ0) is 13.8. The van der Waals surface area contributed by atoms with Crippen molar-refractivity contribution in [3.63, 3.8) is 0 Å². The zero-order valence-electron chi connectivity index (χ0n) is 11.8. The molecule has 0 aliphatic rings. The van der Waals surface area contributed by atoms with E-state index < -0.39 is 0 Å². The SMILES string of the molecule is CCC(N)c1ccc(OCc2cc(C)nn2C)cc1. The highest BCUT2D eigenvalue weighted by molar-refractivity contribution is 5.29. The Morgan fingerprint density at radius 1 is 1.32 bits per heavy atom. The van der Waals surface area contributed by atoms with E-state index in [2.05, 4.69) is 12.0 Å². The number of aromatic nitrogens is 2. The molecule has 0 aliphatic carbocycles. The van der Waals surface area contributed by atoms with Crippen LogP contribution in [0.25, 0.3) is 0 Å². The van der Waals surface area contributed by atoms with E-state index >= 15 is 0 Å². The lowest BCUT2D eigenvalue weighted by Crippen LogP contribution is -2.08. The number of nitrogens with zero attached hydrogens (tertiary/aromatic N) is 2. The number of hydrogen-bond donors (Lipinski definition) is 1. The van der Waals surface area contributed by atoms with Crippen LogP contribution in [-0.2, 0) is 13.7 Å². The van der Waals surface area contributed by atoms with Crippen molar-refractivity contribution in [2.45, 2.75) is 32.9 Å². The summed E-state index contributed by atoms with van der Waals surface area (Å²) in [5.41, 5.74) is 9.19. The van der Waals surface area contributed by atoms with Crippen molar-refractivity contribution in [1.82, 2.24) is 9.78 Å². The van der Waals surface area contributed by atoms with Gasteiger partial charge in [-0.1, -0.05) is 19.1 Å².